The van der Waals surface area contributed by atoms with Crippen LogP contribution in [0.3, 0.4) is 0 Å². The number of ether oxygens (including phenoxy) is 1. The molecule has 0 radical (unpaired) electrons. The first kappa shape index (κ1) is 18.5. The Bertz CT molecular complexity index is 735. The predicted octanol–water partition coefficient (Wildman–Crippen LogP) is 3.27. The molecule has 0 bridgehead atoms. The maximum Gasteiger partial charge on any atom is 0.303 e. The molecule has 0 aliphatic heterocycles. The lowest BCUT2D eigenvalue weighted by atomic mass is 10.2. The highest BCUT2D eigenvalue weighted by molar-refractivity contribution is 6.04. The average Bonchev–Trinajstić information content (AvgIpc) is 2.95. The molecule has 134 valence electrons. The van der Waals surface area contributed by atoms with Gasteiger partial charge in [-0.15, -0.1) is 0 Å². The highest BCUT2D eigenvalue weighted by atomic mass is 16.5. The van der Waals surface area contributed by atoms with Crippen molar-refractivity contribution in [3.05, 3.63) is 41.7 Å². The predicted molar refractivity (Wildman–Crippen MR) is 94.1 cm³/mol. The molecule has 0 fully saturated rings. The average molecular weight is 345 g/mol. The molecule has 2 rings (SSSR count). The molecule has 0 saturated heterocycles. The third kappa shape index (κ3) is 5.07. The van der Waals surface area contributed by atoms with E-state index in [-0.39, 0.29) is 18.4 Å². The fraction of sp³-hybridized carbons (Fsp3) is 0.389. The highest BCUT2D eigenvalue weighted by Crippen LogP contribution is 2.18. The Labute approximate surface area is 146 Å². The smallest absolute Gasteiger partial charge is 0.303 e. The number of benzene rings is 1. The molecule has 0 aliphatic rings. The molecule has 25 heavy (non-hydrogen) atoms. The van der Waals surface area contributed by atoms with Crippen LogP contribution in [0.25, 0.3) is 0 Å². The number of aromatic nitrogens is 2. The number of rotatable bonds is 8. The Kier molecular flexibility index (Phi) is 6.16. The molecule has 0 aliphatic carbocycles. The highest BCUT2D eigenvalue weighted by Gasteiger charge is 2.15. The second-order valence-corrected chi connectivity index (χ2v) is 6.01. The van der Waals surface area contributed by atoms with E-state index >= 15 is 0 Å². The molecular formula is C18H23N3O4. The Hall–Kier alpha value is -2.83. The topological polar surface area (TPSA) is 93.4 Å². The number of carboxylic acid groups (broad SMARTS) is 1. The lowest BCUT2D eigenvalue weighted by molar-refractivity contribution is -0.137. The van der Waals surface area contributed by atoms with E-state index in [0.29, 0.717) is 30.0 Å². The molecule has 0 atom stereocenters. The zero-order valence-corrected chi connectivity index (χ0v) is 14.7. The molecule has 1 amide bonds. The van der Waals surface area contributed by atoms with Crippen LogP contribution in [0.1, 0.15) is 48.8 Å². The van der Waals surface area contributed by atoms with Crippen molar-refractivity contribution < 1.29 is 19.4 Å². The number of aliphatic carboxylic acids is 1. The maximum absolute atomic E-state index is 12.4. The summed E-state index contributed by atoms with van der Waals surface area (Å²) in [4.78, 5) is 22.8. The van der Waals surface area contributed by atoms with Gasteiger partial charge in [-0.25, -0.2) is 0 Å². The summed E-state index contributed by atoms with van der Waals surface area (Å²) in [6.07, 6.45) is 2.11. The number of amides is 1. The zero-order chi connectivity index (χ0) is 18.4. The van der Waals surface area contributed by atoms with Crippen molar-refractivity contribution in [3.8, 4) is 5.75 Å². The SMILES string of the molecule is Cc1c(C(=O)Nc2ccc(OCCCC(=O)O)cc2)cnn1C(C)C. The minimum absolute atomic E-state index is 0.0809. The van der Waals surface area contributed by atoms with E-state index in [1.54, 1.807) is 30.5 Å². The van der Waals surface area contributed by atoms with Gasteiger partial charge in [0.1, 0.15) is 5.75 Å². The number of hydrogen-bond acceptors (Lipinski definition) is 4. The van der Waals surface area contributed by atoms with Gasteiger partial charge in [0.05, 0.1) is 18.4 Å². The summed E-state index contributed by atoms with van der Waals surface area (Å²) in [6.45, 7) is 6.23. The largest absolute Gasteiger partial charge is 0.494 e. The maximum atomic E-state index is 12.4. The van der Waals surface area contributed by atoms with Crippen molar-refractivity contribution in [1.82, 2.24) is 9.78 Å². The van der Waals surface area contributed by atoms with Crippen molar-refractivity contribution in [2.75, 3.05) is 11.9 Å². The molecular weight excluding hydrogens is 322 g/mol. The van der Waals surface area contributed by atoms with Crippen molar-refractivity contribution in [2.24, 2.45) is 0 Å². The fourth-order valence-corrected chi connectivity index (χ4v) is 2.41. The first-order valence-corrected chi connectivity index (χ1v) is 8.18. The Morgan fingerprint density at radius 1 is 1.28 bits per heavy atom. The first-order valence-electron chi connectivity index (χ1n) is 8.18. The van der Waals surface area contributed by atoms with E-state index in [2.05, 4.69) is 10.4 Å². The molecule has 2 N–H and O–H groups in total. The van der Waals surface area contributed by atoms with E-state index in [1.165, 1.54) is 0 Å². The van der Waals surface area contributed by atoms with Crippen LogP contribution in [0, 0.1) is 6.92 Å². The normalized spacial score (nSPS) is 10.7. The Balaban J connectivity index is 1.92. The second-order valence-electron chi connectivity index (χ2n) is 6.01. The van der Waals surface area contributed by atoms with Gasteiger partial charge in [-0.3, -0.25) is 14.3 Å². The van der Waals surface area contributed by atoms with Gasteiger partial charge in [-0.1, -0.05) is 0 Å². The lowest BCUT2D eigenvalue weighted by Crippen LogP contribution is -2.13. The lowest BCUT2D eigenvalue weighted by Gasteiger charge is -2.10. The molecule has 0 saturated carbocycles. The molecule has 0 unspecified atom stereocenters. The van der Waals surface area contributed by atoms with Gasteiger partial charge in [0, 0.05) is 23.8 Å². The molecule has 1 heterocycles. The van der Waals surface area contributed by atoms with Gasteiger partial charge in [-0.2, -0.15) is 5.10 Å². The summed E-state index contributed by atoms with van der Waals surface area (Å²) < 4.78 is 7.27. The second kappa shape index (κ2) is 8.32. The minimum Gasteiger partial charge on any atom is -0.494 e. The van der Waals surface area contributed by atoms with E-state index in [0.717, 1.165) is 5.69 Å². The molecule has 7 nitrogen and oxygen atoms in total. The van der Waals surface area contributed by atoms with E-state index in [1.807, 2.05) is 25.5 Å². The van der Waals surface area contributed by atoms with Crippen molar-refractivity contribution >= 4 is 17.6 Å². The molecule has 0 spiro atoms. The number of carbonyl (C=O) groups is 2. The number of carbonyl (C=O) groups excluding carboxylic acids is 1. The third-order valence-corrected chi connectivity index (χ3v) is 3.69. The standard InChI is InChI=1S/C18H23N3O4/c1-12(2)21-13(3)16(11-19-21)18(24)20-14-6-8-15(9-7-14)25-10-4-5-17(22)23/h6-9,11-12H,4-5,10H2,1-3H3,(H,20,24)(H,22,23). The quantitative estimate of drug-likeness (QED) is 0.716. The molecule has 1 aromatic heterocycles. The van der Waals surface area contributed by atoms with Gasteiger partial charge in [0.25, 0.3) is 5.91 Å². The van der Waals surface area contributed by atoms with Gasteiger partial charge in [-0.05, 0) is 51.5 Å². The van der Waals surface area contributed by atoms with Gasteiger partial charge in [0.15, 0.2) is 0 Å². The summed E-state index contributed by atoms with van der Waals surface area (Å²) in [5.41, 5.74) is 2.02. The fourth-order valence-electron chi connectivity index (χ4n) is 2.41. The van der Waals surface area contributed by atoms with Gasteiger partial charge in [0.2, 0.25) is 0 Å². The van der Waals surface area contributed by atoms with Crippen LogP contribution in [0.5, 0.6) is 5.75 Å². The summed E-state index contributed by atoms with van der Waals surface area (Å²) >= 11 is 0. The van der Waals surface area contributed by atoms with Crippen LogP contribution in [-0.2, 0) is 4.79 Å². The van der Waals surface area contributed by atoms with Crippen molar-refractivity contribution in [3.63, 3.8) is 0 Å². The third-order valence-electron chi connectivity index (χ3n) is 3.69. The van der Waals surface area contributed by atoms with Crippen LogP contribution in [0.15, 0.2) is 30.5 Å². The molecule has 1 aromatic carbocycles. The monoisotopic (exact) mass is 345 g/mol. The molecule has 7 heteroatoms. The number of nitrogens with zero attached hydrogens (tertiary/aromatic N) is 2. The van der Waals surface area contributed by atoms with Crippen LogP contribution in [-0.4, -0.2) is 33.4 Å². The van der Waals surface area contributed by atoms with Crippen LogP contribution in [0.2, 0.25) is 0 Å². The summed E-state index contributed by atoms with van der Waals surface area (Å²) in [7, 11) is 0. The van der Waals surface area contributed by atoms with Crippen LogP contribution < -0.4 is 10.1 Å². The van der Waals surface area contributed by atoms with Crippen molar-refractivity contribution in [2.45, 2.75) is 39.7 Å². The number of nitrogens with one attached hydrogen (secondary N) is 1. The van der Waals surface area contributed by atoms with Crippen molar-refractivity contribution in [1.29, 1.82) is 0 Å². The number of carboxylic acids is 1. The van der Waals surface area contributed by atoms with Gasteiger partial charge >= 0.3 is 5.97 Å². The first-order chi connectivity index (χ1) is 11.9. The minimum atomic E-state index is -0.835. The summed E-state index contributed by atoms with van der Waals surface area (Å²) in [5, 5.41) is 15.6. The Morgan fingerprint density at radius 2 is 1.96 bits per heavy atom. The zero-order valence-electron chi connectivity index (χ0n) is 14.7. The van der Waals surface area contributed by atoms with E-state index in [9.17, 15) is 9.59 Å². The molecule has 2 aromatic rings. The van der Waals surface area contributed by atoms with E-state index in [4.69, 9.17) is 9.84 Å². The number of hydrogen-bond donors (Lipinski definition) is 2. The van der Waals surface area contributed by atoms with Crippen LogP contribution >= 0.6 is 0 Å². The Morgan fingerprint density at radius 3 is 2.52 bits per heavy atom. The summed E-state index contributed by atoms with van der Waals surface area (Å²) in [6, 6.07) is 7.15. The summed E-state index contributed by atoms with van der Waals surface area (Å²) in [5.74, 6) is -0.413. The van der Waals surface area contributed by atoms with E-state index < -0.39 is 5.97 Å². The number of anilines is 1. The van der Waals surface area contributed by atoms with Crippen LogP contribution in [0.4, 0.5) is 5.69 Å². The van der Waals surface area contributed by atoms with Gasteiger partial charge < -0.3 is 15.2 Å².